The van der Waals surface area contributed by atoms with Crippen molar-refractivity contribution in [2.24, 2.45) is 10.9 Å². The SMILES string of the molecule is N/C(CCCOc1ccc(Cl)c2cccnc12)=N\O. The zero-order valence-electron chi connectivity index (χ0n) is 10.2. The van der Waals surface area contributed by atoms with Gasteiger partial charge in [0.1, 0.15) is 17.1 Å². The van der Waals surface area contributed by atoms with Crippen molar-refractivity contribution in [2.75, 3.05) is 6.61 Å². The van der Waals surface area contributed by atoms with Crippen LogP contribution in [-0.2, 0) is 0 Å². The van der Waals surface area contributed by atoms with E-state index >= 15 is 0 Å². The number of ether oxygens (including phenoxy) is 1. The molecule has 0 aliphatic rings. The number of benzene rings is 1. The van der Waals surface area contributed by atoms with Crippen LogP contribution in [0.2, 0.25) is 5.02 Å². The zero-order chi connectivity index (χ0) is 13.7. The Labute approximate surface area is 115 Å². The first-order chi connectivity index (χ1) is 9.22. The summed E-state index contributed by atoms with van der Waals surface area (Å²) >= 11 is 6.10. The molecule has 0 amide bonds. The Morgan fingerprint density at radius 1 is 1.42 bits per heavy atom. The molecule has 0 bridgehead atoms. The van der Waals surface area contributed by atoms with Crippen molar-refractivity contribution in [3.05, 3.63) is 35.5 Å². The van der Waals surface area contributed by atoms with Crippen LogP contribution in [-0.4, -0.2) is 22.6 Å². The Morgan fingerprint density at radius 3 is 3.05 bits per heavy atom. The first kappa shape index (κ1) is 13.4. The van der Waals surface area contributed by atoms with Gasteiger partial charge in [-0.1, -0.05) is 16.8 Å². The lowest BCUT2D eigenvalue weighted by atomic mass is 10.2. The smallest absolute Gasteiger partial charge is 0.145 e. The van der Waals surface area contributed by atoms with Gasteiger partial charge in [0, 0.05) is 18.0 Å². The van der Waals surface area contributed by atoms with Gasteiger partial charge in [-0.2, -0.15) is 0 Å². The predicted octanol–water partition coefficient (Wildman–Crippen LogP) is 2.79. The summed E-state index contributed by atoms with van der Waals surface area (Å²) in [5.74, 6) is 0.877. The largest absolute Gasteiger partial charge is 0.491 e. The van der Waals surface area contributed by atoms with Crippen LogP contribution in [0.15, 0.2) is 35.6 Å². The van der Waals surface area contributed by atoms with Crippen LogP contribution < -0.4 is 10.5 Å². The molecule has 0 saturated heterocycles. The molecule has 1 aromatic heterocycles. The van der Waals surface area contributed by atoms with Crippen LogP contribution in [0.4, 0.5) is 0 Å². The highest BCUT2D eigenvalue weighted by molar-refractivity contribution is 6.35. The lowest BCUT2D eigenvalue weighted by Gasteiger charge is -2.09. The summed E-state index contributed by atoms with van der Waals surface area (Å²) in [4.78, 5) is 4.27. The van der Waals surface area contributed by atoms with Gasteiger partial charge >= 0.3 is 0 Å². The molecule has 0 radical (unpaired) electrons. The lowest BCUT2D eigenvalue weighted by Crippen LogP contribution is -2.12. The Hall–Kier alpha value is -2.01. The molecule has 2 aromatic rings. The van der Waals surface area contributed by atoms with Gasteiger partial charge in [-0.15, -0.1) is 0 Å². The van der Waals surface area contributed by atoms with E-state index in [0.29, 0.717) is 30.2 Å². The average Bonchev–Trinajstić information content (AvgIpc) is 2.45. The fourth-order valence-corrected chi connectivity index (χ4v) is 1.93. The number of fused-ring (bicyclic) bond motifs is 1. The molecule has 0 saturated carbocycles. The van der Waals surface area contributed by atoms with Crippen molar-refractivity contribution < 1.29 is 9.94 Å². The number of pyridine rings is 1. The number of nitrogens with two attached hydrogens (primary N) is 1. The third-order valence-corrected chi connectivity index (χ3v) is 2.97. The highest BCUT2D eigenvalue weighted by Gasteiger charge is 2.06. The Morgan fingerprint density at radius 2 is 2.26 bits per heavy atom. The van der Waals surface area contributed by atoms with Gasteiger partial charge in [0.25, 0.3) is 0 Å². The van der Waals surface area contributed by atoms with Crippen molar-refractivity contribution in [2.45, 2.75) is 12.8 Å². The third kappa shape index (κ3) is 3.26. The van der Waals surface area contributed by atoms with E-state index in [0.717, 1.165) is 10.9 Å². The molecular weight excluding hydrogens is 266 g/mol. The molecule has 0 atom stereocenters. The first-order valence-corrected chi connectivity index (χ1v) is 6.22. The molecule has 0 spiro atoms. The van der Waals surface area contributed by atoms with Crippen LogP contribution in [0.5, 0.6) is 5.75 Å². The molecule has 19 heavy (non-hydrogen) atoms. The number of amidine groups is 1. The van der Waals surface area contributed by atoms with E-state index in [4.69, 9.17) is 27.3 Å². The van der Waals surface area contributed by atoms with Crippen LogP contribution >= 0.6 is 11.6 Å². The number of nitrogens with zero attached hydrogens (tertiary/aromatic N) is 2. The minimum atomic E-state index is 0.197. The average molecular weight is 280 g/mol. The van der Waals surface area contributed by atoms with E-state index in [1.807, 2.05) is 12.1 Å². The number of hydrogen-bond donors (Lipinski definition) is 2. The minimum Gasteiger partial charge on any atom is -0.491 e. The van der Waals surface area contributed by atoms with Crippen molar-refractivity contribution in [3.8, 4) is 5.75 Å². The normalized spacial score (nSPS) is 11.7. The molecule has 5 nitrogen and oxygen atoms in total. The topological polar surface area (TPSA) is 80.7 Å². The fourth-order valence-electron chi connectivity index (χ4n) is 1.71. The van der Waals surface area contributed by atoms with E-state index in [2.05, 4.69) is 10.1 Å². The van der Waals surface area contributed by atoms with Crippen LogP contribution in [0.1, 0.15) is 12.8 Å². The predicted molar refractivity (Wildman–Crippen MR) is 74.9 cm³/mol. The highest BCUT2D eigenvalue weighted by Crippen LogP contribution is 2.29. The third-order valence-electron chi connectivity index (χ3n) is 2.64. The first-order valence-electron chi connectivity index (χ1n) is 5.85. The Kier molecular flexibility index (Phi) is 4.41. The molecule has 0 unspecified atom stereocenters. The maximum Gasteiger partial charge on any atom is 0.145 e. The van der Waals surface area contributed by atoms with Crippen molar-refractivity contribution in [1.82, 2.24) is 4.98 Å². The molecule has 1 heterocycles. The van der Waals surface area contributed by atoms with Crippen molar-refractivity contribution in [3.63, 3.8) is 0 Å². The quantitative estimate of drug-likeness (QED) is 0.290. The van der Waals surface area contributed by atoms with E-state index in [-0.39, 0.29) is 5.84 Å². The fraction of sp³-hybridized carbons (Fsp3) is 0.231. The summed E-state index contributed by atoms with van der Waals surface area (Å²) in [5.41, 5.74) is 6.11. The minimum absolute atomic E-state index is 0.197. The van der Waals surface area contributed by atoms with E-state index < -0.39 is 0 Å². The number of rotatable bonds is 5. The summed E-state index contributed by atoms with van der Waals surface area (Å²) in [6.45, 7) is 0.462. The Balaban J connectivity index is 2.07. The summed E-state index contributed by atoms with van der Waals surface area (Å²) in [7, 11) is 0. The van der Waals surface area contributed by atoms with Crippen LogP contribution in [0.25, 0.3) is 10.9 Å². The van der Waals surface area contributed by atoms with Gasteiger partial charge in [0.05, 0.1) is 11.6 Å². The molecule has 2 rings (SSSR count). The van der Waals surface area contributed by atoms with E-state index in [1.165, 1.54) is 0 Å². The highest BCUT2D eigenvalue weighted by atomic mass is 35.5. The van der Waals surface area contributed by atoms with Gasteiger partial charge in [0.15, 0.2) is 0 Å². The summed E-state index contributed by atoms with van der Waals surface area (Å²) in [6, 6.07) is 7.30. The van der Waals surface area contributed by atoms with Gasteiger partial charge < -0.3 is 15.7 Å². The lowest BCUT2D eigenvalue weighted by molar-refractivity contribution is 0.307. The molecule has 6 heteroatoms. The molecule has 1 aromatic carbocycles. The molecule has 100 valence electrons. The molecule has 0 aliphatic carbocycles. The number of oxime groups is 1. The second-order valence-corrected chi connectivity index (χ2v) is 4.40. The molecule has 0 fully saturated rings. The number of halogens is 1. The maximum absolute atomic E-state index is 8.42. The zero-order valence-corrected chi connectivity index (χ0v) is 11.0. The molecule has 3 N–H and O–H groups in total. The maximum atomic E-state index is 8.42. The number of hydrogen-bond acceptors (Lipinski definition) is 4. The van der Waals surface area contributed by atoms with Crippen LogP contribution in [0.3, 0.4) is 0 Å². The van der Waals surface area contributed by atoms with Gasteiger partial charge in [0.2, 0.25) is 0 Å². The summed E-state index contributed by atoms with van der Waals surface area (Å²) in [6.07, 6.45) is 2.84. The second kappa shape index (κ2) is 6.24. The van der Waals surface area contributed by atoms with Gasteiger partial charge in [-0.25, -0.2) is 0 Å². The van der Waals surface area contributed by atoms with Gasteiger partial charge in [-0.05, 0) is 30.7 Å². The van der Waals surface area contributed by atoms with E-state index in [9.17, 15) is 0 Å². The monoisotopic (exact) mass is 279 g/mol. The summed E-state index contributed by atoms with van der Waals surface area (Å²) < 4.78 is 5.66. The van der Waals surface area contributed by atoms with E-state index in [1.54, 1.807) is 18.3 Å². The molecular formula is C13H14ClN3O2. The Bertz CT molecular complexity index is 601. The van der Waals surface area contributed by atoms with Crippen molar-refractivity contribution >= 4 is 28.3 Å². The standard InChI is InChI=1S/C13H14ClN3O2/c14-10-5-6-11(13-9(10)3-1-7-16-13)19-8-2-4-12(15)17-18/h1,3,5-7,18H,2,4,8H2,(H2,15,17). The van der Waals surface area contributed by atoms with Crippen LogP contribution in [0, 0.1) is 0 Å². The van der Waals surface area contributed by atoms with Crippen molar-refractivity contribution in [1.29, 1.82) is 0 Å². The number of aromatic nitrogens is 1. The summed E-state index contributed by atoms with van der Waals surface area (Å²) in [5, 5.41) is 12.8. The van der Waals surface area contributed by atoms with Gasteiger partial charge in [-0.3, -0.25) is 4.98 Å². The molecule has 0 aliphatic heterocycles. The second-order valence-electron chi connectivity index (χ2n) is 3.99.